The minimum Gasteiger partial charge on any atom is -0.325 e. The summed E-state index contributed by atoms with van der Waals surface area (Å²) < 4.78 is 13.0. The minimum absolute atomic E-state index is 0.0584. The van der Waals surface area contributed by atoms with Crippen molar-refractivity contribution in [3.63, 3.8) is 0 Å². The Kier molecular flexibility index (Phi) is 5.86. The molecule has 2 nitrogen and oxygen atoms in total. The maximum absolute atomic E-state index is 13.0. The number of aryl methyl sites for hydroxylation is 1. The number of hydrogen-bond acceptors (Lipinski definition) is 2. The van der Waals surface area contributed by atoms with E-state index in [2.05, 4.69) is 5.32 Å². The molecule has 0 bridgehead atoms. The molecule has 0 aliphatic carbocycles. The third-order valence-electron chi connectivity index (χ3n) is 3.38. The van der Waals surface area contributed by atoms with Crippen LogP contribution in [0.25, 0.3) is 0 Å². The van der Waals surface area contributed by atoms with E-state index >= 15 is 0 Å². The molecule has 0 radical (unpaired) electrons. The molecule has 1 amide bonds. The molecule has 1 N–H and O–H groups in total. The second kappa shape index (κ2) is 7.65. The van der Waals surface area contributed by atoms with Gasteiger partial charge in [0.05, 0.1) is 5.75 Å². The number of carbonyl (C=O) groups excluding carboxylic acids is 1. The fourth-order valence-electron chi connectivity index (χ4n) is 1.97. The zero-order valence-corrected chi connectivity index (χ0v) is 14.0. The number of nitrogens with one attached hydrogen (secondary N) is 1. The molecule has 2 aromatic rings. The van der Waals surface area contributed by atoms with Crippen molar-refractivity contribution >= 4 is 35.0 Å². The summed E-state index contributed by atoms with van der Waals surface area (Å²) in [4.78, 5) is 12.0. The number of halogens is 2. The third-order valence-corrected chi connectivity index (χ3v) is 4.72. The zero-order chi connectivity index (χ0) is 16.1. The number of carbonyl (C=O) groups is 1. The lowest BCUT2D eigenvalue weighted by Crippen LogP contribution is -2.15. The molecule has 5 heteroatoms. The first-order valence-corrected chi connectivity index (χ1v) is 8.38. The predicted octanol–water partition coefficient (Wildman–Crippen LogP) is 4.97. The number of rotatable bonds is 5. The SMILES string of the molecule is Cc1cccc(NC(=O)CSCc2ccc(F)cc2Cl)c1C. The fourth-order valence-corrected chi connectivity index (χ4v) is 3.11. The number of hydrogen-bond donors (Lipinski definition) is 1. The van der Waals surface area contributed by atoms with Crippen molar-refractivity contribution in [3.8, 4) is 0 Å². The lowest BCUT2D eigenvalue weighted by molar-refractivity contribution is -0.113. The largest absolute Gasteiger partial charge is 0.325 e. The first-order valence-electron chi connectivity index (χ1n) is 6.85. The smallest absolute Gasteiger partial charge is 0.234 e. The van der Waals surface area contributed by atoms with Crippen LogP contribution in [-0.2, 0) is 10.5 Å². The first-order chi connectivity index (χ1) is 10.5. The molecule has 0 heterocycles. The summed E-state index contributed by atoms with van der Waals surface area (Å²) in [7, 11) is 0. The van der Waals surface area contributed by atoms with Gasteiger partial charge in [-0.15, -0.1) is 11.8 Å². The van der Waals surface area contributed by atoms with Crippen LogP contribution in [0.2, 0.25) is 5.02 Å². The van der Waals surface area contributed by atoms with E-state index in [1.54, 1.807) is 6.07 Å². The highest BCUT2D eigenvalue weighted by Crippen LogP contribution is 2.23. The summed E-state index contributed by atoms with van der Waals surface area (Å²) >= 11 is 7.40. The molecule has 0 fully saturated rings. The van der Waals surface area contributed by atoms with Crippen LogP contribution in [0.4, 0.5) is 10.1 Å². The van der Waals surface area contributed by atoms with E-state index in [-0.39, 0.29) is 11.7 Å². The molecule has 116 valence electrons. The Bertz CT molecular complexity index is 690. The average Bonchev–Trinajstić information content (AvgIpc) is 2.46. The molecular weight excluding hydrogens is 321 g/mol. The lowest BCUT2D eigenvalue weighted by atomic mass is 10.1. The Hall–Kier alpha value is -1.52. The van der Waals surface area contributed by atoms with Gasteiger partial charge in [0.2, 0.25) is 5.91 Å². The van der Waals surface area contributed by atoms with E-state index < -0.39 is 0 Å². The second-order valence-electron chi connectivity index (χ2n) is 5.02. The molecule has 0 saturated heterocycles. The van der Waals surface area contributed by atoms with Crippen molar-refractivity contribution in [3.05, 3.63) is 63.9 Å². The Balaban J connectivity index is 1.87. The molecule has 0 unspecified atom stereocenters. The van der Waals surface area contributed by atoms with Crippen molar-refractivity contribution < 1.29 is 9.18 Å². The normalized spacial score (nSPS) is 10.5. The van der Waals surface area contributed by atoms with Gasteiger partial charge in [-0.3, -0.25) is 4.79 Å². The highest BCUT2D eigenvalue weighted by molar-refractivity contribution is 7.99. The Morgan fingerprint density at radius 2 is 2.05 bits per heavy atom. The minimum atomic E-state index is -0.355. The molecule has 0 aliphatic heterocycles. The van der Waals surface area contributed by atoms with Crippen LogP contribution in [0, 0.1) is 19.7 Å². The topological polar surface area (TPSA) is 29.1 Å². The number of benzene rings is 2. The summed E-state index contributed by atoms with van der Waals surface area (Å²) in [5.41, 5.74) is 3.88. The monoisotopic (exact) mass is 337 g/mol. The highest BCUT2D eigenvalue weighted by Gasteiger charge is 2.07. The number of thioether (sulfide) groups is 1. The Morgan fingerprint density at radius 3 is 2.77 bits per heavy atom. The van der Waals surface area contributed by atoms with E-state index in [0.717, 1.165) is 22.4 Å². The van der Waals surface area contributed by atoms with Crippen molar-refractivity contribution in [2.24, 2.45) is 0 Å². The van der Waals surface area contributed by atoms with Gasteiger partial charge in [0, 0.05) is 16.5 Å². The first kappa shape index (κ1) is 16.8. The molecule has 0 saturated carbocycles. The molecule has 0 spiro atoms. The fraction of sp³-hybridized carbons (Fsp3) is 0.235. The van der Waals surface area contributed by atoms with Crippen LogP contribution in [0.1, 0.15) is 16.7 Å². The maximum Gasteiger partial charge on any atom is 0.234 e. The van der Waals surface area contributed by atoms with Gasteiger partial charge in [-0.2, -0.15) is 0 Å². The molecule has 0 aromatic heterocycles. The molecule has 0 aliphatic rings. The van der Waals surface area contributed by atoms with Crippen LogP contribution < -0.4 is 5.32 Å². The molecule has 2 aromatic carbocycles. The average molecular weight is 338 g/mol. The van der Waals surface area contributed by atoms with Crippen LogP contribution in [0.5, 0.6) is 0 Å². The summed E-state index contributed by atoms with van der Waals surface area (Å²) in [6.07, 6.45) is 0. The predicted molar refractivity (Wildman–Crippen MR) is 92.1 cm³/mol. The molecule has 0 atom stereocenters. The molecule has 22 heavy (non-hydrogen) atoms. The van der Waals surface area contributed by atoms with Gasteiger partial charge in [-0.1, -0.05) is 29.8 Å². The highest BCUT2D eigenvalue weighted by atomic mass is 35.5. The quantitative estimate of drug-likeness (QED) is 0.834. The summed E-state index contributed by atoms with van der Waals surface area (Å²) in [6.45, 7) is 3.99. The number of anilines is 1. The van der Waals surface area contributed by atoms with Crippen molar-refractivity contribution in [2.75, 3.05) is 11.1 Å². The summed E-state index contributed by atoms with van der Waals surface area (Å²) in [6, 6.07) is 10.1. The van der Waals surface area contributed by atoms with Gasteiger partial charge in [0.25, 0.3) is 0 Å². The van der Waals surface area contributed by atoms with Crippen LogP contribution >= 0.6 is 23.4 Å². The van der Waals surface area contributed by atoms with E-state index in [1.807, 2.05) is 32.0 Å². The standard InChI is InChI=1S/C17H17ClFNOS/c1-11-4-3-5-16(12(11)2)20-17(21)10-22-9-13-6-7-14(19)8-15(13)18/h3-8H,9-10H2,1-2H3,(H,20,21). The second-order valence-corrected chi connectivity index (χ2v) is 6.42. The van der Waals surface area contributed by atoms with Gasteiger partial charge in [-0.25, -0.2) is 4.39 Å². The van der Waals surface area contributed by atoms with E-state index in [0.29, 0.717) is 16.5 Å². The zero-order valence-electron chi connectivity index (χ0n) is 12.5. The van der Waals surface area contributed by atoms with Gasteiger partial charge < -0.3 is 5.32 Å². The number of amides is 1. The van der Waals surface area contributed by atoms with E-state index in [1.165, 1.54) is 23.9 Å². The molecular formula is C17H17ClFNOS. The maximum atomic E-state index is 13.0. The molecule has 2 rings (SSSR count). The summed E-state index contributed by atoms with van der Waals surface area (Å²) in [5, 5.41) is 3.30. The Morgan fingerprint density at radius 1 is 1.27 bits per heavy atom. The Labute approximate surface area is 139 Å². The van der Waals surface area contributed by atoms with Gasteiger partial charge in [0.15, 0.2) is 0 Å². The third kappa shape index (κ3) is 4.49. The van der Waals surface area contributed by atoms with Gasteiger partial charge in [0.1, 0.15) is 5.82 Å². The van der Waals surface area contributed by atoms with Crippen molar-refractivity contribution in [2.45, 2.75) is 19.6 Å². The van der Waals surface area contributed by atoms with Gasteiger partial charge >= 0.3 is 0 Å². The van der Waals surface area contributed by atoms with E-state index in [9.17, 15) is 9.18 Å². The van der Waals surface area contributed by atoms with Crippen LogP contribution in [0.3, 0.4) is 0 Å². The van der Waals surface area contributed by atoms with Crippen LogP contribution in [-0.4, -0.2) is 11.7 Å². The van der Waals surface area contributed by atoms with E-state index in [4.69, 9.17) is 11.6 Å². The lowest BCUT2D eigenvalue weighted by Gasteiger charge is -2.10. The van der Waals surface area contributed by atoms with Crippen molar-refractivity contribution in [1.29, 1.82) is 0 Å². The summed E-state index contributed by atoms with van der Waals surface area (Å²) in [5.74, 6) is 0.476. The van der Waals surface area contributed by atoms with Crippen molar-refractivity contribution in [1.82, 2.24) is 0 Å². The van der Waals surface area contributed by atoms with Gasteiger partial charge in [-0.05, 0) is 48.7 Å². The van der Waals surface area contributed by atoms with Crippen LogP contribution in [0.15, 0.2) is 36.4 Å².